The standard InChI is InChI=1S/C7H14N2.2ClH/c1-2-7(9-4-1)3-5-8-6-7;;/h8-9H,1-6H2;2*1H/t7-;;/m1../s1. The first-order valence-electron chi connectivity index (χ1n) is 3.87. The second-order valence-corrected chi connectivity index (χ2v) is 3.24. The Kier molecular flexibility index (Phi) is 4.71. The Bertz CT molecular complexity index is 89.5. The van der Waals surface area contributed by atoms with Gasteiger partial charge < -0.3 is 10.6 Å². The summed E-state index contributed by atoms with van der Waals surface area (Å²) in [4.78, 5) is 0. The van der Waals surface area contributed by atoms with Crippen LogP contribution < -0.4 is 10.6 Å². The first-order chi connectivity index (χ1) is 4.41. The summed E-state index contributed by atoms with van der Waals surface area (Å²) in [6, 6.07) is 0. The molecule has 0 radical (unpaired) electrons. The zero-order chi connectivity index (χ0) is 6.16. The van der Waals surface area contributed by atoms with E-state index in [2.05, 4.69) is 10.6 Å². The molecule has 0 bridgehead atoms. The van der Waals surface area contributed by atoms with Crippen LogP contribution in [0.3, 0.4) is 0 Å². The Morgan fingerprint density at radius 1 is 1.00 bits per heavy atom. The lowest BCUT2D eigenvalue weighted by molar-refractivity contribution is 0.414. The zero-order valence-electron chi connectivity index (χ0n) is 6.56. The van der Waals surface area contributed by atoms with Gasteiger partial charge in [-0.25, -0.2) is 0 Å². The fourth-order valence-corrected chi connectivity index (χ4v) is 1.98. The van der Waals surface area contributed by atoms with E-state index in [1.807, 2.05) is 0 Å². The fourth-order valence-electron chi connectivity index (χ4n) is 1.98. The molecule has 2 fully saturated rings. The Balaban J connectivity index is 0.000000500. The Labute approximate surface area is 80.3 Å². The molecule has 0 aromatic heterocycles. The molecule has 2 aliphatic rings. The predicted molar refractivity (Wildman–Crippen MR) is 52.0 cm³/mol. The lowest BCUT2D eigenvalue weighted by Crippen LogP contribution is -2.41. The van der Waals surface area contributed by atoms with Gasteiger partial charge in [0.05, 0.1) is 0 Å². The molecule has 68 valence electrons. The number of nitrogens with one attached hydrogen (secondary N) is 2. The van der Waals surface area contributed by atoms with Crippen LogP contribution in [0.25, 0.3) is 0 Å². The van der Waals surface area contributed by atoms with E-state index in [0.717, 1.165) is 0 Å². The van der Waals surface area contributed by atoms with Gasteiger partial charge in [0.2, 0.25) is 0 Å². The molecule has 0 aliphatic carbocycles. The van der Waals surface area contributed by atoms with Crippen molar-refractivity contribution in [1.82, 2.24) is 10.6 Å². The summed E-state index contributed by atoms with van der Waals surface area (Å²) >= 11 is 0. The van der Waals surface area contributed by atoms with Crippen LogP contribution in [0, 0.1) is 0 Å². The van der Waals surface area contributed by atoms with Gasteiger partial charge in [0.15, 0.2) is 0 Å². The van der Waals surface area contributed by atoms with Crippen LogP contribution in [0.5, 0.6) is 0 Å². The molecule has 0 aromatic rings. The molecule has 4 heteroatoms. The summed E-state index contributed by atoms with van der Waals surface area (Å²) in [5, 5.41) is 6.96. The summed E-state index contributed by atoms with van der Waals surface area (Å²) in [6.07, 6.45) is 4.11. The molecule has 1 spiro atoms. The number of halogens is 2. The minimum Gasteiger partial charge on any atom is -0.315 e. The summed E-state index contributed by atoms with van der Waals surface area (Å²) in [6.45, 7) is 3.65. The maximum atomic E-state index is 3.57. The highest BCUT2D eigenvalue weighted by atomic mass is 35.5. The van der Waals surface area contributed by atoms with Gasteiger partial charge in [-0.3, -0.25) is 0 Å². The van der Waals surface area contributed by atoms with Crippen molar-refractivity contribution in [2.24, 2.45) is 0 Å². The second kappa shape index (κ2) is 4.51. The highest BCUT2D eigenvalue weighted by Gasteiger charge is 2.35. The molecule has 2 saturated heterocycles. The molecule has 2 heterocycles. The lowest BCUT2D eigenvalue weighted by Gasteiger charge is -2.21. The van der Waals surface area contributed by atoms with Gasteiger partial charge in [-0.2, -0.15) is 0 Å². The van der Waals surface area contributed by atoms with Crippen LogP contribution in [0.15, 0.2) is 0 Å². The van der Waals surface area contributed by atoms with Crippen LogP contribution in [-0.2, 0) is 0 Å². The van der Waals surface area contributed by atoms with Crippen molar-refractivity contribution in [2.45, 2.75) is 24.8 Å². The Morgan fingerprint density at radius 2 is 1.82 bits per heavy atom. The molecule has 2 aliphatic heterocycles. The van der Waals surface area contributed by atoms with Crippen molar-refractivity contribution in [3.05, 3.63) is 0 Å². The minimum atomic E-state index is 0. The minimum absolute atomic E-state index is 0. The van der Waals surface area contributed by atoms with E-state index >= 15 is 0 Å². The number of hydrogen-bond acceptors (Lipinski definition) is 2. The van der Waals surface area contributed by atoms with Gasteiger partial charge in [-0.1, -0.05) is 0 Å². The third-order valence-corrected chi connectivity index (χ3v) is 2.58. The molecule has 0 amide bonds. The molecular formula is C7H16Cl2N2. The smallest absolute Gasteiger partial charge is 0.0318 e. The molecule has 11 heavy (non-hydrogen) atoms. The van der Waals surface area contributed by atoms with Crippen molar-refractivity contribution in [2.75, 3.05) is 19.6 Å². The molecule has 0 unspecified atom stereocenters. The van der Waals surface area contributed by atoms with Gasteiger partial charge in [-0.05, 0) is 32.4 Å². The Morgan fingerprint density at radius 3 is 2.27 bits per heavy atom. The van der Waals surface area contributed by atoms with Gasteiger partial charge in [0.1, 0.15) is 0 Å². The Hall–Kier alpha value is 0.500. The van der Waals surface area contributed by atoms with Crippen molar-refractivity contribution < 1.29 is 0 Å². The first kappa shape index (κ1) is 11.5. The summed E-state index contributed by atoms with van der Waals surface area (Å²) in [5.74, 6) is 0. The highest BCUT2D eigenvalue weighted by molar-refractivity contribution is 5.85. The maximum absolute atomic E-state index is 3.57. The van der Waals surface area contributed by atoms with Gasteiger partial charge in [0, 0.05) is 12.1 Å². The normalized spacial score (nSPS) is 34.9. The topological polar surface area (TPSA) is 24.1 Å². The van der Waals surface area contributed by atoms with Crippen LogP contribution in [0.1, 0.15) is 19.3 Å². The van der Waals surface area contributed by atoms with E-state index in [4.69, 9.17) is 0 Å². The van der Waals surface area contributed by atoms with Gasteiger partial charge >= 0.3 is 0 Å². The number of rotatable bonds is 0. The van der Waals surface area contributed by atoms with Crippen molar-refractivity contribution in [3.8, 4) is 0 Å². The average molecular weight is 199 g/mol. The van der Waals surface area contributed by atoms with Crippen molar-refractivity contribution in [3.63, 3.8) is 0 Å². The molecule has 0 saturated carbocycles. The quantitative estimate of drug-likeness (QED) is 0.606. The summed E-state index contributed by atoms with van der Waals surface area (Å²) < 4.78 is 0. The van der Waals surface area contributed by atoms with Crippen LogP contribution in [0.4, 0.5) is 0 Å². The van der Waals surface area contributed by atoms with Gasteiger partial charge in [-0.15, -0.1) is 24.8 Å². The van der Waals surface area contributed by atoms with Crippen molar-refractivity contribution in [1.29, 1.82) is 0 Å². The molecule has 1 atom stereocenters. The molecular weight excluding hydrogens is 183 g/mol. The molecule has 2 rings (SSSR count). The maximum Gasteiger partial charge on any atom is 0.0318 e. The van der Waals surface area contributed by atoms with E-state index in [0.29, 0.717) is 5.54 Å². The van der Waals surface area contributed by atoms with Gasteiger partial charge in [0.25, 0.3) is 0 Å². The third kappa shape index (κ3) is 2.22. The van der Waals surface area contributed by atoms with E-state index in [-0.39, 0.29) is 24.8 Å². The zero-order valence-corrected chi connectivity index (χ0v) is 8.19. The monoisotopic (exact) mass is 198 g/mol. The van der Waals surface area contributed by atoms with E-state index < -0.39 is 0 Å². The van der Waals surface area contributed by atoms with E-state index in [9.17, 15) is 0 Å². The van der Waals surface area contributed by atoms with Crippen LogP contribution >= 0.6 is 24.8 Å². The summed E-state index contributed by atoms with van der Waals surface area (Å²) in [7, 11) is 0. The summed E-state index contributed by atoms with van der Waals surface area (Å²) in [5.41, 5.74) is 0.528. The van der Waals surface area contributed by atoms with Crippen LogP contribution in [0.2, 0.25) is 0 Å². The molecule has 0 aromatic carbocycles. The van der Waals surface area contributed by atoms with E-state index in [1.165, 1.54) is 38.9 Å². The van der Waals surface area contributed by atoms with Crippen molar-refractivity contribution >= 4 is 24.8 Å². The van der Waals surface area contributed by atoms with Crippen LogP contribution in [-0.4, -0.2) is 25.2 Å². The predicted octanol–water partition coefficient (Wildman–Crippen LogP) is 0.945. The lowest BCUT2D eigenvalue weighted by atomic mass is 9.97. The second-order valence-electron chi connectivity index (χ2n) is 3.24. The average Bonchev–Trinajstić information content (AvgIpc) is 2.45. The fraction of sp³-hybridized carbons (Fsp3) is 1.00. The highest BCUT2D eigenvalue weighted by Crippen LogP contribution is 2.24. The number of hydrogen-bond donors (Lipinski definition) is 2. The third-order valence-electron chi connectivity index (χ3n) is 2.58. The molecule has 2 N–H and O–H groups in total. The molecule has 2 nitrogen and oxygen atoms in total. The SMILES string of the molecule is C1CN[C@]2(C1)CCNC2.Cl.Cl. The first-order valence-corrected chi connectivity index (χ1v) is 3.87. The largest absolute Gasteiger partial charge is 0.315 e. The van der Waals surface area contributed by atoms with E-state index in [1.54, 1.807) is 0 Å².